The van der Waals surface area contributed by atoms with E-state index in [9.17, 15) is 9.59 Å². The molecule has 1 aromatic rings. The summed E-state index contributed by atoms with van der Waals surface area (Å²) in [4.78, 5) is 24.1. The van der Waals surface area contributed by atoms with E-state index in [1.54, 1.807) is 0 Å². The first-order valence-electron chi connectivity index (χ1n) is 12.7. The van der Waals surface area contributed by atoms with Crippen molar-refractivity contribution in [3.63, 3.8) is 0 Å². The lowest BCUT2D eigenvalue weighted by atomic mass is 10.1. The normalized spacial score (nSPS) is 11.0. The highest BCUT2D eigenvalue weighted by atomic mass is 35.5. The highest BCUT2D eigenvalue weighted by Crippen LogP contribution is 2.10. The van der Waals surface area contributed by atoms with Gasteiger partial charge in [-0.2, -0.15) is 0 Å². The molecule has 1 N–H and O–H groups in total. The number of esters is 1. The summed E-state index contributed by atoms with van der Waals surface area (Å²) in [7, 11) is 4.06. The summed E-state index contributed by atoms with van der Waals surface area (Å²) >= 11 is 0. The minimum absolute atomic E-state index is 0. The Balaban J connectivity index is 0.0000102. The fourth-order valence-corrected chi connectivity index (χ4v) is 3.82. The third-order valence-electron chi connectivity index (χ3n) is 5.82. The summed E-state index contributed by atoms with van der Waals surface area (Å²) < 4.78 is 5.97. The van der Waals surface area contributed by atoms with Crippen LogP contribution in [0.25, 0.3) is 0 Å². The van der Waals surface area contributed by atoms with Crippen molar-refractivity contribution >= 4 is 11.9 Å². The smallest absolute Gasteiger partial charge is 0.361 e. The SMILES string of the molecule is CCCCCCCCCCCC(=O)NCCC[N+](C)(C)CC(=O)OCCc1ccccc1.[Cl-]. The third-order valence-corrected chi connectivity index (χ3v) is 5.82. The van der Waals surface area contributed by atoms with Crippen LogP contribution < -0.4 is 17.7 Å². The van der Waals surface area contributed by atoms with Crippen LogP contribution >= 0.6 is 0 Å². The van der Waals surface area contributed by atoms with Crippen molar-refractivity contribution in [2.75, 3.05) is 40.3 Å². The number of hydrogen-bond donors (Lipinski definition) is 1. The number of carbonyl (C=O) groups is 2. The van der Waals surface area contributed by atoms with Crippen molar-refractivity contribution in [2.24, 2.45) is 0 Å². The number of unbranched alkanes of at least 4 members (excludes halogenated alkanes) is 8. The Morgan fingerprint density at radius 3 is 2.12 bits per heavy atom. The predicted octanol–water partition coefficient (Wildman–Crippen LogP) is 2.28. The highest BCUT2D eigenvalue weighted by Gasteiger charge is 2.20. The Morgan fingerprint density at radius 1 is 0.879 bits per heavy atom. The van der Waals surface area contributed by atoms with Crippen LogP contribution in [0.4, 0.5) is 0 Å². The number of hydrogen-bond acceptors (Lipinski definition) is 3. The number of likely N-dealkylation sites (N-methyl/N-ethyl adjacent to an activating group) is 1. The van der Waals surface area contributed by atoms with Crippen molar-refractivity contribution in [2.45, 2.75) is 84.0 Å². The first-order valence-corrected chi connectivity index (χ1v) is 12.7. The molecule has 0 fully saturated rings. The Bertz CT molecular complexity index is 623. The molecule has 190 valence electrons. The van der Waals surface area contributed by atoms with Gasteiger partial charge in [-0.05, 0) is 12.0 Å². The minimum atomic E-state index is -0.166. The first-order chi connectivity index (χ1) is 15.4. The second-order valence-electron chi connectivity index (χ2n) is 9.56. The molecule has 0 saturated heterocycles. The topological polar surface area (TPSA) is 55.4 Å². The van der Waals surface area contributed by atoms with Gasteiger partial charge in [-0.15, -0.1) is 0 Å². The molecule has 1 amide bonds. The zero-order chi connectivity index (χ0) is 23.5. The van der Waals surface area contributed by atoms with Gasteiger partial charge in [-0.3, -0.25) is 4.79 Å². The molecule has 0 saturated carbocycles. The van der Waals surface area contributed by atoms with Crippen molar-refractivity contribution in [1.29, 1.82) is 0 Å². The van der Waals surface area contributed by atoms with Crippen molar-refractivity contribution < 1.29 is 31.2 Å². The summed E-state index contributed by atoms with van der Waals surface area (Å²) in [5, 5.41) is 3.02. The van der Waals surface area contributed by atoms with Crippen LogP contribution in [0.2, 0.25) is 0 Å². The zero-order valence-corrected chi connectivity index (χ0v) is 22.0. The molecule has 5 nitrogen and oxygen atoms in total. The maximum Gasteiger partial charge on any atom is 0.361 e. The van der Waals surface area contributed by atoms with Crippen LogP contribution in [0.15, 0.2) is 30.3 Å². The Labute approximate surface area is 208 Å². The summed E-state index contributed by atoms with van der Waals surface area (Å²) in [5.74, 6) is -0.0149. The lowest BCUT2D eigenvalue weighted by Gasteiger charge is -2.28. The van der Waals surface area contributed by atoms with E-state index < -0.39 is 0 Å². The van der Waals surface area contributed by atoms with Gasteiger partial charge in [0.2, 0.25) is 5.91 Å². The molecule has 1 rings (SSSR count). The quantitative estimate of drug-likeness (QED) is 0.187. The Kier molecular flexibility index (Phi) is 18.9. The van der Waals surface area contributed by atoms with Crippen LogP contribution in [0.3, 0.4) is 0 Å². The second kappa shape index (κ2) is 19.8. The third kappa shape index (κ3) is 18.5. The van der Waals surface area contributed by atoms with Crippen LogP contribution in [-0.4, -0.2) is 56.7 Å². The first kappa shape index (κ1) is 31.4. The van der Waals surface area contributed by atoms with E-state index in [-0.39, 0.29) is 24.3 Å². The van der Waals surface area contributed by atoms with E-state index in [1.165, 1.54) is 50.5 Å². The van der Waals surface area contributed by atoms with Gasteiger partial charge in [-0.1, -0.05) is 88.6 Å². The Morgan fingerprint density at radius 2 is 1.48 bits per heavy atom. The molecule has 0 aliphatic rings. The number of nitrogens with zero attached hydrogens (tertiary/aromatic N) is 1. The van der Waals surface area contributed by atoms with Gasteiger partial charge in [0.25, 0.3) is 0 Å². The number of halogens is 1. The van der Waals surface area contributed by atoms with Crippen molar-refractivity contribution in [1.82, 2.24) is 5.32 Å². The lowest BCUT2D eigenvalue weighted by molar-refractivity contribution is -0.883. The maximum absolute atomic E-state index is 12.1. The van der Waals surface area contributed by atoms with E-state index in [2.05, 4.69) is 12.2 Å². The van der Waals surface area contributed by atoms with Gasteiger partial charge < -0.3 is 26.9 Å². The number of amides is 1. The molecule has 0 bridgehead atoms. The van der Waals surface area contributed by atoms with E-state index in [0.717, 1.165) is 32.2 Å². The van der Waals surface area contributed by atoms with Crippen LogP contribution in [-0.2, 0) is 20.7 Å². The number of ether oxygens (including phenoxy) is 1. The largest absolute Gasteiger partial charge is 1.00 e. The monoisotopic (exact) mass is 482 g/mol. The molecule has 33 heavy (non-hydrogen) atoms. The predicted molar refractivity (Wildman–Crippen MR) is 132 cm³/mol. The molecule has 0 aromatic heterocycles. The fourth-order valence-electron chi connectivity index (χ4n) is 3.82. The number of rotatable bonds is 19. The molecule has 0 spiro atoms. The number of quaternary nitrogens is 1. The van der Waals surface area contributed by atoms with Gasteiger partial charge in [0.1, 0.15) is 0 Å². The lowest BCUT2D eigenvalue weighted by Crippen LogP contribution is -3.00. The second-order valence-corrected chi connectivity index (χ2v) is 9.56. The standard InChI is InChI=1S/C27H46N2O3.ClH/c1-4-5-6-7-8-9-10-11-15-19-26(30)28-21-16-22-29(2,3)24-27(31)32-23-20-25-17-13-12-14-18-25;/h12-14,17-18H,4-11,15-16,19-24H2,1-3H3;1H. The summed E-state index contributed by atoms with van der Waals surface area (Å²) in [6.45, 7) is 4.50. The number of carbonyl (C=O) groups excluding carboxylic acids is 2. The minimum Gasteiger partial charge on any atom is -1.00 e. The maximum atomic E-state index is 12.1. The molecule has 0 heterocycles. The molecular weight excluding hydrogens is 436 g/mol. The molecule has 0 atom stereocenters. The van der Waals surface area contributed by atoms with Gasteiger partial charge in [0, 0.05) is 25.8 Å². The molecule has 0 unspecified atom stereocenters. The van der Waals surface area contributed by atoms with Gasteiger partial charge in [0.15, 0.2) is 6.54 Å². The zero-order valence-electron chi connectivity index (χ0n) is 21.3. The number of benzene rings is 1. The molecular formula is C27H47ClN2O3. The van der Waals surface area contributed by atoms with Gasteiger partial charge >= 0.3 is 5.97 Å². The van der Waals surface area contributed by atoms with Crippen LogP contribution in [0.5, 0.6) is 0 Å². The molecule has 6 heteroatoms. The number of nitrogens with one attached hydrogen (secondary N) is 1. The Hall–Kier alpha value is -1.59. The molecule has 0 aliphatic carbocycles. The van der Waals surface area contributed by atoms with Gasteiger partial charge in [-0.25, -0.2) is 4.79 Å². The van der Waals surface area contributed by atoms with Gasteiger partial charge in [0.05, 0.1) is 27.2 Å². The van der Waals surface area contributed by atoms with Crippen LogP contribution in [0, 0.1) is 0 Å². The van der Waals surface area contributed by atoms with Crippen molar-refractivity contribution in [3.8, 4) is 0 Å². The average molecular weight is 483 g/mol. The van der Waals surface area contributed by atoms with Crippen LogP contribution in [0.1, 0.15) is 83.1 Å². The molecule has 1 aromatic carbocycles. The summed E-state index contributed by atoms with van der Waals surface area (Å²) in [6, 6.07) is 10.0. The van der Waals surface area contributed by atoms with E-state index in [0.29, 0.717) is 30.6 Å². The molecule has 0 radical (unpaired) electrons. The highest BCUT2D eigenvalue weighted by molar-refractivity contribution is 5.75. The summed E-state index contributed by atoms with van der Waals surface area (Å²) in [6.07, 6.45) is 13.6. The van der Waals surface area contributed by atoms with E-state index >= 15 is 0 Å². The van der Waals surface area contributed by atoms with Crippen molar-refractivity contribution in [3.05, 3.63) is 35.9 Å². The van der Waals surface area contributed by atoms with E-state index in [4.69, 9.17) is 4.74 Å². The van der Waals surface area contributed by atoms with E-state index in [1.807, 2.05) is 44.4 Å². The summed E-state index contributed by atoms with van der Waals surface area (Å²) in [5.41, 5.74) is 1.17. The fraction of sp³-hybridized carbons (Fsp3) is 0.704. The average Bonchev–Trinajstić information content (AvgIpc) is 2.76. The molecule has 0 aliphatic heterocycles.